The Morgan fingerprint density at radius 3 is 2.58 bits per heavy atom. The standard InChI is InChI=1S/C17H34N2/c1-4-6-16-7-5-11-19(12-10-16)15(3)14(2)13-18-17-8-9-17/h14-18H,4-13H2,1-3H3. The minimum Gasteiger partial charge on any atom is -0.314 e. The van der Waals surface area contributed by atoms with E-state index in [0.29, 0.717) is 0 Å². The van der Waals surface area contributed by atoms with Crippen molar-refractivity contribution in [3.8, 4) is 0 Å². The molecule has 0 aromatic carbocycles. The van der Waals surface area contributed by atoms with E-state index in [1.807, 2.05) is 0 Å². The molecule has 1 saturated carbocycles. The molecule has 0 spiro atoms. The first-order valence-corrected chi connectivity index (χ1v) is 8.68. The lowest BCUT2D eigenvalue weighted by atomic mass is 9.96. The van der Waals surface area contributed by atoms with Crippen LogP contribution in [0.15, 0.2) is 0 Å². The van der Waals surface area contributed by atoms with Crippen LogP contribution in [0.4, 0.5) is 0 Å². The molecule has 1 heterocycles. The SMILES string of the molecule is CCCC1CCCN(C(C)C(C)CNC2CC2)CC1. The zero-order valence-corrected chi connectivity index (χ0v) is 13.3. The summed E-state index contributed by atoms with van der Waals surface area (Å²) in [7, 11) is 0. The van der Waals surface area contributed by atoms with Crippen molar-refractivity contribution in [2.24, 2.45) is 11.8 Å². The maximum absolute atomic E-state index is 3.69. The Hall–Kier alpha value is -0.0800. The Labute approximate surface area is 120 Å². The number of nitrogens with zero attached hydrogens (tertiary/aromatic N) is 1. The van der Waals surface area contributed by atoms with Gasteiger partial charge in [0.1, 0.15) is 0 Å². The van der Waals surface area contributed by atoms with Gasteiger partial charge in [0.05, 0.1) is 0 Å². The van der Waals surface area contributed by atoms with E-state index in [1.165, 1.54) is 64.6 Å². The van der Waals surface area contributed by atoms with Gasteiger partial charge in [-0.25, -0.2) is 0 Å². The van der Waals surface area contributed by atoms with Gasteiger partial charge >= 0.3 is 0 Å². The molecule has 0 aromatic heterocycles. The first-order valence-electron chi connectivity index (χ1n) is 8.68. The first kappa shape index (κ1) is 15.3. The summed E-state index contributed by atoms with van der Waals surface area (Å²) >= 11 is 0. The largest absolute Gasteiger partial charge is 0.314 e. The van der Waals surface area contributed by atoms with Crippen LogP contribution >= 0.6 is 0 Å². The molecule has 2 fully saturated rings. The molecular weight excluding hydrogens is 232 g/mol. The normalized spacial score (nSPS) is 28.9. The van der Waals surface area contributed by atoms with Crippen molar-refractivity contribution in [1.29, 1.82) is 0 Å². The lowest BCUT2D eigenvalue weighted by Gasteiger charge is -2.32. The quantitative estimate of drug-likeness (QED) is 0.756. The Balaban J connectivity index is 1.72. The molecule has 2 heteroatoms. The van der Waals surface area contributed by atoms with Gasteiger partial charge < -0.3 is 10.2 Å². The molecule has 0 bridgehead atoms. The molecule has 2 rings (SSSR count). The number of hydrogen-bond donors (Lipinski definition) is 1. The monoisotopic (exact) mass is 266 g/mol. The first-order chi connectivity index (χ1) is 9.20. The van der Waals surface area contributed by atoms with Crippen LogP contribution in [0.1, 0.15) is 65.7 Å². The van der Waals surface area contributed by atoms with Crippen molar-refractivity contribution in [2.75, 3.05) is 19.6 Å². The van der Waals surface area contributed by atoms with Gasteiger partial charge in [-0.1, -0.05) is 26.7 Å². The third-order valence-corrected chi connectivity index (χ3v) is 5.28. The minimum atomic E-state index is 0.742. The maximum Gasteiger partial charge on any atom is 0.0105 e. The second kappa shape index (κ2) is 7.64. The molecule has 2 nitrogen and oxygen atoms in total. The van der Waals surface area contributed by atoms with E-state index in [0.717, 1.165) is 23.9 Å². The van der Waals surface area contributed by atoms with E-state index >= 15 is 0 Å². The van der Waals surface area contributed by atoms with Crippen LogP contribution in [0.25, 0.3) is 0 Å². The average molecular weight is 266 g/mol. The summed E-state index contributed by atoms with van der Waals surface area (Å²) in [5, 5.41) is 3.69. The molecule has 3 atom stereocenters. The van der Waals surface area contributed by atoms with Crippen molar-refractivity contribution in [1.82, 2.24) is 10.2 Å². The third kappa shape index (κ3) is 5.07. The molecule has 1 saturated heterocycles. The van der Waals surface area contributed by atoms with E-state index in [-0.39, 0.29) is 0 Å². The topological polar surface area (TPSA) is 15.3 Å². The number of rotatable bonds is 7. The lowest BCUT2D eigenvalue weighted by Crippen LogP contribution is -2.42. The predicted molar refractivity (Wildman–Crippen MR) is 83.5 cm³/mol. The second-order valence-electron chi connectivity index (χ2n) is 7.02. The summed E-state index contributed by atoms with van der Waals surface area (Å²) in [5.41, 5.74) is 0. The summed E-state index contributed by atoms with van der Waals surface area (Å²) < 4.78 is 0. The fourth-order valence-corrected chi connectivity index (χ4v) is 3.46. The van der Waals surface area contributed by atoms with Gasteiger partial charge in [0.25, 0.3) is 0 Å². The van der Waals surface area contributed by atoms with E-state index in [2.05, 4.69) is 31.0 Å². The third-order valence-electron chi connectivity index (χ3n) is 5.28. The Morgan fingerprint density at radius 1 is 1.11 bits per heavy atom. The number of likely N-dealkylation sites (tertiary alicyclic amines) is 1. The van der Waals surface area contributed by atoms with Crippen molar-refractivity contribution in [2.45, 2.75) is 77.8 Å². The summed E-state index contributed by atoms with van der Waals surface area (Å²) in [5.74, 6) is 1.78. The van der Waals surface area contributed by atoms with Gasteiger partial charge in [-0.15, -0.1) is 0 Å². The van der Waals surface area contributed by atoms with Crippen LogP contribution in [0.3, 0.4) is 0 Å². The van der Waals surface area contributed by atoms with Crippen LogP contribution < -0.4 is 5.32 Å². The fraction of sp³-hybridized carbons (Fsp3) is 1.00. The molecule has 3 unspecified atom stereocenters. The highest BCUT2D eigenvalue weighted by atomic mass is 15.2. The molecule has 0 aromatic rings. The highest BCUT2D eigenvalue weighted by Crippen LogP contribution is 2.25. The zero-order chi connectivity index (χ0) is 13.7. The second-order valence-corrected chi connectivity index (χ2v) is 7.02. The molecule has 0 radical (unpaired) electrons. The zero-order valence-electron chi connectivity index (χ0n) is 13.3. The van der Waals surface area contributed by atoms with Crippen molar-refractivity contribution in [3.05, 3.63) is 0 Å². The van der Waals surface area contributed by atoms with E-state index in [1.54, 1.807) is 0 Å². The molecule has 112 valence electrons. The average Bonchev–Trinajstić information content (AvgIpc) is 3.23. The van der Waals surface area contributed by atoms with E-state index < -0.39 is 0 Å². The van der Waals surface area contributed by atoms with Gasteiger partial charge in [-0.3, -0.25) is 0 Å². The Bertz CT molecular complexity index is 250. The summed E-state index contributed by atoms with van der Waals surface area (Å²) in [4.78, 5) is 2.76. The van der Waals surface area contributed by atoms with Gasteiger partial charge in [0, 0.05) is 12.1 Å². The lowest BCUT2D eigenvalue weighted by molar-refractivity contribution is 0.163. The predicted octanol–water partition coefficient (Wildman–Crippen LogP) is 3.67. The fourth-order valence-electron chi connectivity index (χ4n) is 3.46. The summed E-state index contributed by atoms with van der Waals surface area (Å²) in [6.45, 7) is 11.1. The highest BCUT2D eigenvalue weighted by Gasteiger charge is 2.26. The van der Waals surface area contributed by atoms with Crippen LogP contribution in [-0.2, 0) is 0 Å². The summed E-state index contributed by atoms with van der Waals surface area (Å²) in [6, 6.07) is 1.60. The van der Waals surface area contributed by atoms with Gasteiger partial charge in [-0.2, -0.15) is 0 Å². The summed E-state index contributed by atoms with van der Waals surface area (Å²) in [6.07, 6.45) is 9.93. The van der Waals surface area contributed by atoms with Gasteiger partial charge in [0.15, 0.2) is 0 Å². The molecule has 1 aliphatic carbocycles. The Morgan fingerprint density at radius 2 is 1.89 bits per heavy atom. The van der Waals surface area contributed by atoms with Crippen molar-refractivity contribution >= 4 is 0 Å². The van der Waals surface area contributed by atoms with E-state index in [9.17, 15) is 0 Å². The van der Waals surface area contributed by atoms with Crippen LogP contribution in [-0.4, -0.2) is 36.6 Å². The molecule has 1 N–H and O–H groups in total. The maximum atomic E-state index is 3.69. The van der Waals surface area contributed by atoms with Crippen LogP contribution in [0, 0.1) is 11.8 Å². The van der Waals surface area contributed by atoms with Crippen LogP contribution in [0.5, 0.6) is 0 Å². The van der Waals surface area contributed by atoms with Crippen molar-refractivity contribution in [3.63, 3.8) is 0 Å². The molecule has 19 heavy (non-hydrogen) atoms. The highest BCUT2D eigenvalue weighted by molar-refractivity contribution is 4.84. The van der Waals surface area contributed by atoms with E-state index in [4.69, 9.17) is 0 Å². The molecule has 2 aliphatic rings. The molecule has 1 aliphatic heterocycles. The number of nitrogens with one attached hydrogen (secondary N) is 1. The van der Waals surface area contributed by atoms with Crippen LogP contribution in [0.2, 0.25) is 0 Å². The smallest absolute Gasteiger partial charge is 0.0105 e. The molecular formula is C17H34N2. The van der Waals surface area contributed by atoms with Gasteiger partial charge in [-0.05, 0) is 70.5 Å². The Kier molecular flexibility index (Phi) is 6.15. The van der Waals surface area contributed by atoms with Crippen molar-refractivity contribution < 1.29 is 0 Å². The van der Waals surface area contributed by atoms with Gasteiger partial charge in [0.2, 0.25) is 0 Å². The molecule has 0 amide bonds. The minimum absolute atomic E-state index is 0.742. The number of hydrogen-bond acceptors (Lipinski definition) is 2.